The average molecular weight is 406 g/mol. The van der Waals surface area contributed by atoms with Crippen molar-refractivity contribution in [1.82, 2.24) is 10.1 Å². The SMILES string of the molecule is CC(=O)Nc1ccc(F)c(C(=O)NNc2ccc(S(=O)(=O)NC3CC3)cc2)c1. The minimum absolute atomic E-state index is 0.00485. The van der Waals surface area contributed by atoms with E-state index in [2.05, 4.69) is 20.9 Å². The summed E-state index contributed by atoms with van der Waals surface area (Å²) in [5.74, 6) is -1.85. The number of rotatable bonds is 7. The zero-order chi connectivity index (χ0) is 20.3. The van der Waals surface area contributed by atoms with Crippen LogP contribution in [0.3, 0.4) is 0 Å². The molecule has 0 saturated heterocycles. The predicted molar refractivity (Wildman–Crippen MR) is 102 cm³/mol. The smallest absolute Gasteiger partial charge is 0.272 e. The van der Waals surface area contributed by atoms with Crippen LogP contribution in [0.5, 0.6) is 0 Å². The normalized spacial score (nSPS) is 13.6. The summed E-state index contributed by atoms with van der Waals surface area (Å²) >= 11 is 0. The Labute approximate surface area is 161 Å². The molecule has 10 heteroatoms. The van der Waals surface area contributed by atoms with Gasteiger partial charge in [-0.2, -0.15) is 0 Å². The van der Waals surface area contributed by atoms with Crippen LogP contribution < -0.4 is 20.9 Å². The fourth-order valence-corrected chi connectivity index (χ4v) is 3.69. The molecule has 0 heterocycles. The van der Waals surface area contributed by atoms with Crippen molar-refractivity contribution in [3.05, 3.63) is 53.8 Å². The van der Waals surface area contributed by atoms with Crippen molar-refractivity contribution in [3.8, 4) is 0 Å². The van der Waals surface area contributed by atoms with E-state index in [-0.39, 0.29) is 28.1 Å². The van der Waals surface area contributed by atoms with Crippen molar-refractivity contribution in [3.63, 3.8) is 0 Å². The lowest BCUT2D eigenvalue weighted by Gasteiger charge is -2.11. The lowest BCUT2D eigenvalue weighted by atomic mass is 10.1. The van der Waals surface area contributed by atoms with Crippen LogP contribution in [-0.4, -0.2) is 26.3 Å². The van der Waals surface area contributed by atoms with Crippen LogP contribution in [-0.2, 0) is 14.8 Å². The highest BCUT2D eigenvalue weighted by molar-refractivity contribution is 7.89. The van der Waals surface area contributed by atoms with E-state index in [1.807, 2.05) is 0 Å². The number of hydrazine groups is 1. The van der Waals surface area contributed by atoms with Gasteiger partial charge in [-0.05, 0) is 55.3 Å². The van der Waals surface area contributed by atoms with Gasteiger partial charge in [0.2, 0.25) is 15.9 Å². The average Bonchev–Trinajstić information content (AvgIpc) is 3.44. The minimum Gasteiger partial charge on any atom is -0.326 e. The lowest BCUT2D eigenvalue weighted by Crippen LogP contribution is -2.30. The molecule has 2 aromatic rings. The van der Waals surface area contributed by atoms with Crippen molar-refractivity contribution in [2.24, 2.45) is 0 Å². The molecular formula is C18H19FN4O4S. The Balaban J connectivity index is 1.64. The molecule has 1 saturated carbocycles. The van der Waals surface area contributed by atoms with Gasteiger partial charge in [-0.1, -0.05) is 0 Å². The molecule has 0 aromatic heterocycles. The summed E-state index contributed by atoms with van der Waals surface area (Å²) in [4.78, 5) is 23.4. The molecule has 3 rings (SSSR count). The van der Waals surface area contributed by atoms with Gasteiger partial charge in [-0.25, -0.2) is 17.5 Å². The number of hydrogen-bond acceptors (Lipinski definition) is 5. The number of sulfonamides is 1. The molecule has 0 radical (unpaired) electrons. The van der Waals surface area contributed by atoms with Gasteiger partial charge in [-0.15, -0.1) is 0 Å². The molecule has 148 valence electrons. The number of carbonyl (C=O) groups excluding carboxylic acids is 2. The highest BCUT2D eigenvalue weighted by Gasteiger charge is 2.27. The highest BCUT2D eigenvalue weighted by Crippen LogP contribution is 2.22. The van der Waals surface area contributed by atoms with Crippen molar-refractivity contribution >= 4 is 33.2 Å². The molecule has 8 nitrogen and oxygen atoms in total. The zero-order valence-corrected chi connectivity index (χ0v) is 15.8. The van der Waals surface area contributed by atoms with E-state index in [4.69, 9.17) is 0 Å². The molecule has 0 unspecified atom stereocenters. The van der Waals surface area contributed by atoms with E-state index in [0.29, 0.717) is 5.69 Å². The number of nitrogens with one attached hydrogen (secondary N) is 4. The number of amides is 2. The van der Waals surface area contributed by atoms with Gasteiger partial charge in [0.05, 0.1) is 16.1 Å². The van der Waals surface area contributed by atoms with Gasteiger partial charge in [-0.3, -0.25) is 20.4 Å². The van der Waals surface area contributed by atoms with E-state index in [1.165, 1.54) is 43.3 Å². The van der Waals surface area contributed by atoms with Crippen LogP contribution in [0.4, 0.5) is 15.8 Å². The van der Waals surface area contributed by atoms with Crippen LogP contribution in [0.15, 0.2) is 47.4 Å². The topological polar surface area (TPSA) is 116 Å². The first kappa shape index (κ1) is 19.8. The van der Waals surface area contributed by atoms with E-state index in [1.54, 1.807) is 0 Å². The van der Waals surface area contributed by atoms with Gasteiger partial charge >= 0.3 is 0 Å². The first-order valence-corrected chi connectivity index (χ1v) is 9.99. The number of benzene rings is 2. The lowest BCUT2D eigenvalue weighted by molar-refractivity contribution is -0.114. The van der Waals surface area contributed by atoms with Gasteiger partial charge in [0, 0.05) is 18.7 Å². The van der Waals surface area contributed by atoms with Gasteiger partial charge < -0.3 is 5.32 Å². The van der Waals surface area contributed by atoms with Crippen LogP contribution >= 0.6 is 0 Å². The Bertz CT molecular complexity index is 1000. The van der Waals surface area contributed by atoms with Crippen molar-refractivity contribution in [2.75, 3.05) is 10.7 Å². The second-order valence-electron chi connectivity index (χ2n) is 6.37. The molecule has 28 heavy (non-hydrogen) atoms. The first-order valence-electron chi connectivity index (χ1n) is 8.50. The second-order valence-corrected chi connectivity index (χ2v) is 8.09. The summed E-state index contributed by atoms with van der Waals surface area (Å²) in [6, 6.07) is 9.40. The summed E-state index contributed by atoms with van der Waals surface area (Å²) in [6.07, 6.45) is 1.68. The third kappa shape index (κ3) is 5.05. The number of halogens is 1. The summed E-state index contributed by atoms with van der Waals surface area (Å²) in [7, 11) is -3.56. The molecule has 0 spiro atoms. The molecule has 2 amide bonds. The second kappa shape index (κ2) is 7.95. The molecule has 0 bridgehead atoms. The molecule has 2 aromatic carbocycles. The maximum absolute atomic E-state index is 13.9. The van der Waals surface area contributed by atoms with Crippen LogP contribution in [0.1, 0.15) is 30.1 Å². The zero-order valence-electron chi connectivity index (χ0n) is 15.0. The minimum atomic E-state index is -3.56. The number of anilines is 2. The van der Waals surface area contributed by atoms with Crippen LogP contribution in [0.25, 0.3) is 0 Å². The summed E-state index contributed by atoms with van der Waals surface area (Å²) in [5, 5.41) is 2.47. The molecule has 4 N–H and O–H groups in total. The van der Waals surface area contributed by atoms with E-state index >= 15 is 0 Å². The van der Waals surface area contributed by atoms with Crippen LogP contribution in [0, 0.1) is 5.82 Å². The predicted octanol–water partition coefficient (Wildman–Crippen LogP) is 1.98. The Morgan fingerprint density at radius 3 is 2.29 bits per heavy atom. The van der Waals surface area contributed by atoms with Crippen molar-refractivity contribution in [2.45, 2.75) is 30.7 Å². The standard InChI is InChI=1S/C18H19FN4O4S/c1-11(24)20-14-6-9-17(19)16(10-14)18(25)22-21-12-4-7-15(8-5-12)28(26,27)23-13-2-3-13/h4-10,13,21,23H,2-3H2,1H3,(H,20,24)(H,22,25). The van der Waals surface area contributed by atoms with E-state index in [0.717, 1.165) is 18.9 Å². The summed E-state index contributed by atoms with van der Waals surface area (Å²) in [6.45, 7) is 1.30. The quantitative estimate of drug-likeness (QED) is 0.525. The largest absolute Gasteiger partial charge is 0.326 e. The van der Waals surface area contributed by atoms with Crippen LogP contribution in [0.2, 0.25) is 0 Å². The van der Waals surface area contributed by atoms with Gasteiger partial charge in [0.25, 0.3) is 5.91 Å². The monoisotopic (exact) mass is 406 g/mol. The fraction of sp³-hybridized carbons (Fsp3) is 0.222. The van der Waals surface area contributed by atoms with Crippen molar-refractivity contribution in [1.29, 1.82) is 0 Å². The molecule has 1 aliphatic carbocycles. The fourth-order valence-electron chi connectivity index (χ4n) is 2.38. The molecule has 1 aliphatic rings. The maximum atomic E-state index is 13.9. The first-order chi connectivity index (χ1) is 13.2. The Morgan fingerprint density at radius 1 is 1.04 bits per heavy atom. The highest BCUT2D eigenvalue weighted by atomic mass is 32.2. The number of hydrogen-bond donors (Lipinski definition) is 4. The van der Waals surface area contributed by atoms with E-state index in [9.17, 15) is 22.4 Å². The third-order valence-electron chi connectivity index (χ3n) is 3.92. The third-order valence-corrected chi connectivity index (χ3v) is 5.45. The van der Waals surface area contributed by atoms with Crippen molar-refractivity contribution < 1.29 is 22.4 Å². The Morgan fingerprint density at radius 2 is 1.68 bits per heavy atom. The molecule has 0 atom stereocenters. The summed E-state index contributed by atoms with van der Waals surface area (Å²) in [5.41, 5.74) is 5.37. The molecule has 1 fully saturated rings. The maximum Gasteiger partial charge on any atom is 0.272 e. The Kier molecular flexibility index (Phi) is 5.61. The Hall–Kier alpha value is -2.98. The number of carbonyl (C=O) groups is 2. The van der Waals surface area contributed by atoms with Gasteiger partial charge in [0.1, 0.15) is 5.82 Å². The molecule has 0 aliphatic heterocycles. The van der Waals surface area contributed by atoms with E-state index < -0.39 is 21.7 Å². The van der Waals surface area contributed by atoms with Gasteiger partial charge in [0.15, 0.2) is 0 Å². The molecular weight excluding hydrogens is 387 g/mol. The summed E-state index contributed by atoms with van der Waals surface area (Å²) < 4.78 is 40.7.